The Morgan fingerprint density at radius 3 is 2.76 bits per heavy atom. The molecular weight excluding hydrogens is 411 g/mol. The molecule has 0 N–H and O–H groups in total. The fourth-order valence-electron chi connectivity index (χ4n) is 3.43. The average molecular weight is 433 g/mol. The minimum absolute atomic E-state index is 0.137. The van der Waals surface area contributed by atoms with Crippen molar-refractivity contribution in [2.45, 2.75) is 31.9 Å². The maximum atomic E-state index is 12.9. The monoisotopic (exact) mass is 432 g/mol. The van der Waals surface area contributed by atoms with Gasteiger partial charge in [-0.1, -0.05) is 46.6 Å². The lowest BCUT2D eigenvalue weighted by Gasteiger charge is -2.25. The number of benzene rings is 2. The Hall–Kier alpha value is -2.24. The highest BCUT2D eigenvalue weighted by atomic mass is 35.5. The minimum atomic E-state index is -0.187. The molecule has 0 bridgehead atoms. The highest BCUT2D eigenvalue weighted by Crippen LogP contribution is 2.32. The number of nitrogens with zero attached hydrogens (tertiary/aromatic N) is 2. The molecule has 0 saturated heterocycles. The smallest absolute Gasteiger partial charge is 0.226 e. The zero-order valence-corrected chi connectivity index (χ0v) is 17.6. The van der Waals surface area contributed by atoms with E-state index in [2.05, 4.69) is 5.16 Å². The van der Waals surface area contributed by atoms with Crippen LogP contribution in [0.25, 0.3) is 0 Å². The first-order valence-corrected chi connectivity index (χ1v) is 10.4. The third kappa shape index (κ3) is 4.85. The predicted molar refractivity (Wildman–Crippen MR) is 114 cm³/mol. The van der Waals surface area contributed by atoms with Gasteiger partial charge in [-0.05, 0) is 42.7 Å². The quantitative estimate of drug-likeness (QED) is 0.622. The molecule has 1 heterocycles. The Kier molecular flexibility index (Phi) is 5.97. The number of methoxy groups -OCH3 is 1. The average Bonchev–Trinajstić information content (AvgIpc) is 3.48. The Labute approximate surface area is 180 Å². The van der Waals surface area contributed by atoms with Gasteiger partial charge in [0.2, 0.25) is 5.91 Å². The second-order valence-corrected chi connectivity index (χ2v) is 8.26. The lowest BCUT2D eigenvalue weighted by molar-refractivity contribution is -0.135. The van der Waals surface area contributed by atoms with Gasteiger partial charge in [-0.25, -0.2) is 0 Å². The van der Waals surface area contributed by atoms with Crippen LogP contribution in [0, 0.1) is 5.92 Å². The van der Waals surface area contributed by atoms with Crippen LogP contribution >= 0.6 is 23.2 Å². The van der Waals surface area contributed by atoms with Crippen LogP contribution in [0.15, 0.2) is 47.6 Å². The first-order valence-electron chi connectivity index (χ1n) is 9.63. The first kappa shape index (κ1) is 20.0. The number of oxime groups is 1. The van der Waals surface area contributed by atoms with E-state index in [1.807, 2.05) is 35.2 Å². The molecule has 152 valence electrons. The summed E-state index contributed by atoms with van der Waals surface area (Å²) >= 11 is 12.1. The second-order valence-electron chi connectivity index (χ2n) is 7.44. The standard InChI is InChI=1S/C22H22Cl2N2O3/c1-28-17-4-2-3-14(9-17)12-26(22(27)15-5-6-15)13-18-11-21(25-29-18)16-7-8-19(23)20(24)10-16/h2-4,7-10,15,18H,5-6,11-13H2,1H3/t18-/m0/s1. The van der Waals surface area contributed by atoms with E-state index in [4.69, 9.17) is 32.8 Å². The molecule has 1 saturated carbocycles. The summed E-state index contributed by atoms with van der Waals surface area (Å²) in [6.45, 7) is 1.01. The molecule has 1 aliphatic heterocycles. The van der Waals surface area contributed by atoms with Crippen LogP contribution in [-0.2, 0) is 16.2 Å². The van der Waals surface area contributed by atoms with Gasteiger partial charge in [0.15, 0.2) is 6.10 Å². The van der Waals surface area contributed by atoms with E-state index in [9.17, 15) is 4.79 Å². The Bertz CT molecular complexity index is 943. The van der Waals surface area contributed by atoms with Gasteiger partial charge in [-0.3, -0.25) is 4.79 Å². The summed E-state index contributed by atoms with van der Waals surface area (Å²) in [5.41, 5.74) is 2.73. The van der Waals surface area contributed by atoms with Gasteiger partial charge >= 0.3 is 0 Å². The molecule has 29 heavy (non-hydrogen) atoms. The van der Waals surface area contributed by atoms with Gasteiger partial charge in [0, 0.05) is 24.4 Å². The number of hydrogen-bond acceptors (Lipinski definition) is 4. The Morgan fingerprint density at radius 1 is 1.21 bits per heavy atom. The molecule has 2 aromatic rings. The number of amides is 1. The van der Waals surface area contributed by atoms with Crippen LogP contribution in [0.3, 0.4) is 0 Å². The lowest BCUT2D eigenvalue weighted by atomic mass is 10.0. The molecule has 0 aromatic heterocycles. The van der Waals surface area contributed by atoms with E-state index >= 15 is 0 Å². The summed E-state index contributed by atoms with van der Waals surface area (Å²) < 4.78 is 5.30. The number of halogens is 2. The van der Waals surface area contributed by atoms with Gasteiger partial charge in [0.25, 0.3) is 0 Å². The fourth-order valence-corrected chi connectivity index (χ4v) is 3.73. The van der Waals surface area contributed by atoms with Crippen LogP contribution in [0.5, 0.6) is 5.75 Å². The third-order valence-corrected chi connectivity index (χ3v) is 5.89. The molecule has 0 radical (unpaired) electrons. The number of carbonyl (C=O) groups excluding carboxylic acids is 1. The molecule has 1 aliphatic carbocycles. The van der Waals surface area contributed by atoms with Crippen molar-refractivity contribution in [3.05, 3.63) is 63.6 Å². The van der Waals surface area contributed by atoms with Crippen molar-refractivity contribution >= 4 is 34.8 Å². The molecular formula is C22H22Cl2N2O3. The van der Waals surface area contributed by atoms with Crippen LogP contribution in [0.1, 0.15) is 30.4 Å². The second kappa shape index (κ2) is 8.64. The Balaban J connectivity index is 1.44. The van der Waals surface area contributed by atoms with Crippen molar-refractivity contribution in [3.63, 3.8) is 0 Å². The largest absolute Gasteiger partial charge is 0.497 e. The summed E-state index contributed by atoms with van der Waals surface area (Å²) in [4.78, 5) is 20.4. The van der Waals surface area contributed by atoms with Gasteiger partial charge in [-0.15, -0.1) is 0 Å². The summed E-state index contributed by atoms with van der Waals surface area (Å²) in [7, 11) is 1.64. The molecule has 1 atom stereocenters. The number of rotatable bonds is 7. The van der Waals surface area contributed by atoms with E-state index in [-0.39, 0.29) is 17.9 Å². The third-order valence-electron chi connectivity index (χ3n) is 5.16. The number of ether oxygens (including phenoxy) is 1. The molecule has 1 amide bonds. The summed E-state index contributed by atoms with van der Waals surface area (Å²) in [5, 5.41) is 5.21. The molecule has 7 heteroatoms. The van der Waals surface area contributed by atoms with E-state index < -0.39 is 0 Å². The molecule has 0 spiro atoms. The summed E-state index contributed by atoms with van der Waals surface area (Å²) in [6.07, 6.45) is 2.35. The van der Waals surface area contributed by atoms with Gasteiger partial charge in [0.1, 0.15) is 5.75 Å². The zero-order valence-electron chi connectivity index (χ0n) is 16.1. The van der Waals surface area contributed by atoms with Crippen LogP contribution in [0.4, 0.5) is 0 Å². The summed E-state index contributed by atoms with van der Waals surface area (Å²) in [6, 6.07) is 13.2. The van der Waals surface area contributed by atoms with Crippen LogP contribution in [0.2, 0.25) is 10.0 Å². The molecule has 2 aliphatic rings. The van der Waals surface area contributed by atoms with Crippen molar-refractivity contribution in [1.29, 1.82) is 0 Å². The van der Waals surface area contributed by atoms with Crippen LogP contribution in [-0.4, -0.2) is 36.3 Å². The maximum Gasteiger partial charge on any atom is 0.226 e. The topological polar surface area (TPSA) is 51.1 Å². The minimum Gasteiger partial charge on any atom is -0.497 e. The number of carbonyl (C=O) groups is 1. The fraction of sp³-hybridized carbons (Fsp3) is 0.364. The van der Waals surface area contributed by atoms with E-state index in [0.717, 1.165) is 35.4 Å². The van der Waals surface area contributed by atoms with Crippen molar-refractivity contribution in [2.75, 3.05) is 13.7 Å². The van der Waals surface area contributed by atoms with Gasteiger partial charge in [0.05, 0.1) is 29.4 Å². The van der Waals surface area contributed by atoms with Crippen molar-refractivity contribution in [3.8, 4) is 5.75 Å². The Morgan fingerprint density at radius 2 is 2.03 bits per heavy atom. The van der Waals surface area contributed by atoms with Crippen molar-refractivity contribution in [2.24, 2.45) is 11.1 Å². The van der Waals surface area contributed by atoms with E-state index in [1.165, 1.54) is 0 Å². The molecule has 0 unspecified atom stereocenters. The molecule has 2 aromatic carbocycles. The molecule has 1 fully saturated rings. The maximum absolute atomic E-state index is 12.9. The molecule has 4 rings (SSSR count). The lowest BCUT2D eigenvalue weighted by Crippen LogP contribution is -2.38. The highest BCUT2D eigenvalue weighted by molar-refractivity contribution is 6.42. The summed E-state index contributed by atoms with van der Waals surface area (Å²) in [5.74, 6) is 1.10. The van der Waals surface area contributed by atoms with E-state index in [0.29, 0.717) is 29.6 Å². The molecule has 5 nitrogen and oxygen atoms in total. The number of hydrogen-bond donors (Lipinski definition) is 0. The predicted octanol–water partition coefficient (Wildman–Crippen LogP) is 4.93. The highest BCUT2D eigenvalue weighted by Gasteiger charge is 2.35. The first-order chi connectivity index (χ1) is 14.0. The normalized spacial score (nSPS) is 18.2. The van der Waals surface area contributed by atoms with Crippen molar-refractivity contribution in [1.82, 2.24) is 4.90 Å². The SMILES string of the molecule is COc1cccc(CN(C[C@@H]2CC(c3ccc(Cl)c(Cl)c3)=NO2)C(=O)C2CC2)c1. The van der Waals surface area contributed by atoms with Crippen molar-refractivity contribution < 1.29 is 14.4 Å². The van der Waals surface area contributed by atoms with Gasteiger partial charge in [-0.2, -0.15) is 0 Å². The van der Waals surface area contributed by atoms with Gasteiger partial charge < -0.3 is 14.5 Å². The van der Waals surface area contributed by atoms with Crippen LogP contribution < -0.4 is 4.74 Å². The zero-order chi connectivity index (χ0) is 20.4. The van der Waals surface area contributed by atoms with E-state index in [1.54, 1.807) is 19.2 Å².